The second-order valence-electron chi connectivity index (χ2n) is 11.1. The van der Waals surface area contributed by atoms with Crippen molar-refractivity contribution in [1.82, 2.24) is 5.32 Å². The van der Waals surface area contributed by atoms with Gasteiger partial charge in [0.1, 0.15) is 16.7 Å². The number of sulfone groups is 1. The fraction of sp³-hybridized carbons (Fsp3) is 0.424. The first kappa shape index (κ1) is 31.0. The van der Waals surface area contributed by atoms with Gasteiger partial charge in [-0.1, -0.05) is 48.5 Å². The molecule has 2 aliphatic rings. The Balaban J connectivity index is 1.37. The Hall–Kier alpha value is -3.44. The van der Waals surface area contributed by atoms with Gasteiger partial charge in [0.25, 0.3) is 5.91 Å². The van der Waals surface area contributed by atoms with Gasteiger partial charge in [-0.25, -0.2) is 8.42 Å². The fourth-order valence-electron chi connectivity index (χ4n) is 6.10. The van der Waals surface area contributed by atoms with E-state index >= 15 is 0 Å². The topological polar surface area (TPSA) is 103 Å². The van der Waals surface area contributed by atoms with Crippen molar-refractivity contribution in [3.63, 3.8) is 0 Å². The molecule has 2 heterocycles. The number of hydrogen-bond acceptors (Lipinski definition) is 8. The molecule has 0 aliphatic carbocycles. The number of fused-ring (bicyclic) bond motifs is 1. The second-order valence-corrected chi connectivity index (χ2v) is 13.3. The quantitative estimate of drug-likeness (QED) is 0.304. The molecule has 1 saturated heterocycles. The molecule has 9 nitrogen and oxygen atoms in total. The number of carbonyl (C=O) groups is 1. The molecule has 0 bridgehead atoms. The SMILES string of the molecule is COCCCN1C(=O)COc2ccc(CO[C@H]3CN[C@H](C(c4ccccc4)S(C)(=O)=O)C[C@@H]3c3ccc(OC)cc3)cc21. The van der Waals surface area contributed by atoms with E-state index in [1.807, 2.05) is 72.8 Å². The Morgan fingerprint density at radius 3 is 2.51 bits per heavy atom. The zero-order valence-electron chi connectivity index (χ0n) is 24.9. The molecule has 1 N–H and O–H groups in total. The van der Waals surface area contributed by atoms with E-state index in [0.29, 0.717) is 38.5 Å². The van der Waals surface area contributed by atoms with E-state index in [2.05, 4.69) is 5.32 Å². The van der Waals surface area contributed by atoms with Crippen molar-refractivity contribution >= 4 is 21.4 Å². The third-order valence-corrected chi connectivity index (χ3v) is 9.72. The summed E-state index contributed by atoms with van der Waals surface area (Å²) < 4.78 is 48.9. The van der Waals surface area contributed by atoms with Crippen LogP contribution in [0.25, 0.3) is 0 Å². The summed E-state index contributed by atoms with van der Waals surface area (Å²) in [7, 11) is -0.128. The number of rotatable bonds is 12. The van der Waals surface area contributed by atoms with Crippen LogP contribution in [-0.4, -0.2) is 73.2 Å². The van der Waals surface area contributed by atoms with Crippen LogP contribution in [0.5, 0.6) is 11.5 Å². The first-order valence-electron chi connectivity index (χ1n) is 14.6. The van der Waals surface area contributed by atoms with E-state index < -0.39 is 15.1 Å². The van der Waals surface area contributed by atoms with Gasteiger partial charge in [-0.05, 0) is 53.8 Å². The Morgan fingerprint density at radius 1 is 1.05 bits per heavy atom. The zero-order chi connectivity index (χ0) is 30.4. The Kier molecular flexibility index (Phi) is 10.0. The molecule has 1 unspecified atom stereocenters. The Bertz CT molecular complexity index is 1480. The number of hydrogen-bond donors (Lipinski definition) is 1. The standard InChI is InChI=1S/C33H40N2O7S/c1-39-17-7-16-35-29-18-23(10-15-30(29)42-22-32(35)36)21-41-31-20-34-28(19-27(31)24-11-13-26(40-2)14-12-24)33(43(3,37)38)25-8-5-4-6-9-25/h4-6,8-15,18,27-28,31,33-34H,7,16-17,19-22H2,1-3H3/t27-,28+,31+,33?/m1/s1. The predicted octanol–water partition coefficient (Wildman–Crippen LogP) is 4.27. The lowest BCUT2D eigenvalue weighted by Crippen LogP contribution is -2.50. The average Bonchev–Trinajstić information content (AvgIpc) is 3.01. The van der Waals surface area contributed by atoms with Crippen molar-refractivity contribution in [2.45, 2.75) is 42.8 Å². The maximum Gasteiger partial charge on any atom is 0.265 e. The number of benzene rings is 3. The maximum absolute atomic E-state index is 13.1. The molecule has 5 rings (SSSR count). The number of nitrogens with zero attached hydrogens (tertiary/aromatic N) is 1. The summed E-state index contributed by atoms with van der Waals surface area (Å²) in [5.74, 6) is 1.29. The molecule has 3 aromatic carbocycles. The first-order valence-corrected chi connectivity index (χ1v) is 16.5. The minimum Gasteiger partial charge on any atom is -0.497 e. The monoisotopic (exact) mass is 608 g/mol. The van der Waals surface area contributed by atoms with Crippen LogP contribution < -0.4 is 19.7 Å². The Labute approximate surface area is 254 Å². The van der Waals surface area contributed by atoms with Crippen LogP contribution in [-0.2, 0) is 30.7 Å². The highest BCUT2D eigenvalue weighted by Gasteiger charge is 2.40. The number of methoxy groups -OCH3 is 2. The lowest BCUT2D eigenvalue weighted by atomic mass is 9.82. The van der Waals surface area contributed by atoms with Crippen LogP contribution in [0.4, 0.5) is 5.69 Å². The lowest BCUT2D eigenvalue weighted by Gasteiger charge is -2.40. The van der Waals surface area contributed by atoms with Gasteiger partial charge in [-0.15, -0.1) is 0 Å². The molecule has 0 saturated carbocycles. The normalized spacial score (nSPS) is 21.1. The first-order chi connectivity index (χ1) is 20.8. The zero-order valence-corrected chi connectivity index (χ0v) is 25.7. The molecule has 3 aromatic rings. The molecule has 0 aromatic heterocycles. The summed E-state index contributed by atoms with van der Waals surface area (Å²) in [6, 6.07) is 22.8. The van der Waals surface area contributed by atoms with Crippen LogP contribution >= 0.6 is 0 Å². The highest BCUT2D eigenvalue weighted by atomic mass is 32.2. The molecule has 2 aliphatic heterocycles. The Morgan fingerprint density at radius 2 is 1.81 bits per heavy atom. The third kappa shape index (κ3) is 7.38. The number of carbonyl (C=O) groups excluding carboxylic acids is 1. The summed E-state index contributed by atoms with van der Waals surface area (Å²) in [5, 5.41) is 2.83. The van der Waals surface area contributed by atoms with Gasteiger partial charge in [0, 0.05) is 45.0 Å². The van der Waals surface area contributed by atoms with Gasteiger partial charge >= 0.3 is 0 Å². The number of anilines is 1. The summed E-state index contributed by atoms with van der Waals surface area (Å²) in [4.78, 5) is 14.4. The van der Waals surface area contributed by atoms with Gasteiger partial charge in [0.05, 0.1) is 25.5 Å². The van der Waals surface area contributed by atoms with E-state index in [1.165, 1.54) is 6.26 Å². The van der Waals surface area contributed by atoms with Gasteiger partial charge in [0.2, 0.25) is 0 Å². The van der Waals surface area contributed by atoms with Gasteiger partial charge in [-0.2, -0.15) is 0 Å². The molecule has 0 radical (unpaired) electrons. The smallest absolute Gasteiger partial charge is 0.265 e. The largest absolute Gasteiger partial charge is 0.497 e. The highest BCUT2D eigenvalue weighted by Crippen LogP contribution is 2.39. The van der Waals surface area contributed by atoms with Crippen molar-refractivity contribution in [1.29, 1.82) is 0 Å². The molecule has 4 atom stereocenters. The summed E-state index contributed by atoms with van der Waals surface area (Å²) in [6.07, 6.45) is 2.38. The molecule has 1 amide bonds. The lowest BCUT2D eigenvalue weighted by molar-refractivity contribution is -0.121. The van der Waals surface area contributed by atoms with Crippen LogP contribution in [0.3, 0.4) is 0 Å². The second kappa shape index (κ2) is 13.9. The molecule has 0 spiro atoms. The van der Waals surface area contributed by atoms with Crippen molar-refractivity contribution in [3.8, 4) is 11.5 Å². The maximum atomic E-state index is 13.1. The van der Waals surface area contributed by atoms with Crippen LogP contribution in [0.15, 0.2) is 72.8 Å². The van der Waals surface area contributed by atoms with E-state index in [9.17, 15) is 13.2 Å². The van der Waals surface area contributed by atoms with Crippen molar-refractivity contribution < 1.29 is 32.2 Å². The van der Waals surface area contributed by atoms with Gasteiger partial charge in [-0.3, -0.25) is 4.79 Å². The summed E-state index contributed by atoms with van der Waals surface area (Å²) in [5.41, 5.74) is 3.49. The number of ether oxygens (including phenoxy) is 4. The van der Waals surface area contributed by atoms with Crippen molar-refractivity contribution in [3.05, 3.63) is 89.5 Å². The molecule has 230 valence electrons. The van der Waals surface area contributed by atoms with Gasteiger partial charge < -0.3 is 29.2 Å². The van der Waals surface area contributed by atoms with Gasteiger partial charge in [0.15, 0.2) is 16.4 Å². The van der Waals surface area contributed by atoms with Crippen LogP contribution in [0.1, 0.15) is 40.7 Å². The number of amides is 1. The molecule has 10 heteroatoms. The highest BCUT2D eigenvalue weighted by molar-refractivity contribution is 7.91. The number of piperidine rings is 1. The molecular weight excluding hydrogens is 568 g/mol. The number of nitrogens with one attached hydrogen (secondary N) is 1. The van der Waals surface area contributed by atoms with E-state index in [-0.39, 0.29) is 30.6 Å². The molecule has 1 fully saturated rings. The molecular formula is C33H40N2O7S. The van der Waals surface area contributed by atoms with Crippen LogP contribution in [0, 0.1) is 0 Å². The fourth-order valence-corrected chi connectivity index (χ4v) is 7.56. The van der Waals surface area contributed by atoms with Crippen LogP contribution in [0.2, 0.25) is 0 Å². The minimum absolute atomic E-state index is 0.0196. The summed E-state index contributed by atoms with van der Waals surface area (Å²) >= 11 is 0. The van der Waals surface area contributed by atoms with Crippen molar-refractivity contribution in [2.75, 3.05) is 51.7 Å². The molecule has 43 heavy (non-hydrogen) atoms. The predicted molar refractivity (Wildman–Crippen MR) is 166 cm³/mol. The minimum atomic E-state index is -3.41. The van der Waals surface area contributed by atoms with Crippen molar-refractivity contribution in [2.24, 2.45) is 0 Å². The summed E-state index contributed by atoms with van der Waals surface area (Å²) in [6.45, 7) is 1.94. The van der Waals surface area contributed by atoms with E-state index in [4.69, 9.17) is 18.9 Å². The third-order valence-electron chi connectivity index (χ3n) is 8.20. The van der Waals surface area contributed by atoms with E-state index in [1.54, 1.807) is 19.1 Å². The average molecular weight is 609 g/mol. The van der Waals surface area contributed by atoms with E-state index in [0.717, 1.165) is 34.5 Å².